The van der Waals surface area contributed by atoms with Crippen LogP contribution in [0.1, 0.15) is 50.2 Å². The Labute approximate surface area is 79.9 Å². The quantitative estimate of drug-likeness (QED) is 0.479. The summed E-state index contributed by atoms with van der Waals surface area (Å²) < 4.78 is 16.0. The van der Waals surface area contributed by atoms with E-state index >= 15 is 0 Å². The van der Waals surface area contributed by atoms with E-state index in [1.54, 1.807) is 0 Å². The van der Waals surface area contributed by atoms with Gasteiger partial charge in [0.2, 0.25) is 0 Å². The van der Waals surface area contributed by atoms with Crippen LogP contribution in [0.3, 0.4) is 0 Å². The third kappa shape index (κ3) is 2.36. The fraction of sp³-hybridized carbons (Fsp3) is 0.833. The van der Waals surface area contributed by atoms with Gasteiger partial charge in [0.25, 0.3) is 0 Å². The molecule has 0 unspecified atom stereocenters. The SMILES string of the molecule is [2H]C1=C(C)C[C@@H](C(C)(C)C)C[C@@]1([2H])C. The van der Waals surface area contributed by atoms with E-state index in [1.165, 1.54) is 0 Å². The van der Waals surface area contributed by atoms with Crippen LogP contribution in [0, 0.1) is 17.2 Å². The van der Waals surface area contributed by atoms with E-state index in [1.807, 2.05) is 13.8 Å². The van der Waals surface area contributed by atoms with Gasteiger partial charge in [-0.05, 0) is 37.0 Å². The van der Waals surface area contributed by atoms with E-state index in [0.29, 0.717) is 12.0 Å². The Morgan fingerprint density at radius 1 is 1.58 bits per heavy atom. The lowest BCUT2D eigenvalue weighted by molar-refractivity contribution is 0.199. The van der Waals surface area contributed by atoms with Gasteiger partial charge < -0.3 is 0 Å². The van der Waals surface area contributed by atoms with Crippen molar-refractivity contribution in [3.8, 4) is 0 Å². The molecule has 0 amide bonds. The zero-order valence-electron chi connectivity index (χ0n) is 11.0. The van der Waals surface area contributed by atoms with Gasteiger partial charge in [0, 0.05) is 1.37 Å². The van der Waals surface area contributed by atoms with Crippen LogP contribution in [-0.2, 0) is 0 Å². The molecule has 2 atom stereocenters. The van der Waals surface area contributed by atoms with E-state index in [4.69, 9.17) is 2.74 Å². The summed E-state index contributed by atoms with van der Waals surface area (Å²) in [4.78, 5) is 0. The first-order valence-corrected chi connectivity index (χ1v) is 4.81. The van der Waals surface area contributed by atoms with Gasteiger partial charge in [-0.1, -0.05) is 39.3 Å². The van der Waals surface area contributed by atoms with Gasteiger partial charge in [-0.25, -0.2) is 0 Å². The van der Waals surface area contributed by atoms with Gasteiger partial charge in [0.05, 0.1) is 1.37 Å². The van der Waals surface area contributed by atoms with Gasteiger partial charge in [-0.3, -0.25) is 0 Å². The molecule has 0 aromatic rings. The van der Waals surface area contributed by atoms with Gasteiger partial charge in [0.1, 0.15) is 0 Å². The van der Waals surface area contributed by atoms with Crippen molar-refractivity contribution in [2.45, 2.75) is 47.5 Å². The van der Waals surface area contributed by atoms with Gasteiger partial charge in [-0.2, -0.15) is 0 Å². The lowest BCUT2D eigenvalue weighted by Crippen LogP contribution is -2.25. The van der Waals surface area contributed by atoms with Crippen molar-refractivity contribution in [2.75, 3.05) is 0 Å². The molecule has 0 aromatic heterocycles. The van der Waals surface area contributed by atoms with E-state index in [0.717, 1.165) is 18.4 Å². The Kier molecular flexibility index (Phi) is 1.94. The predicted octanol–water partition coefficient (Wildman–Crippen LogP) is 4.02. The van der Waals surface area contributed by atoms with Gasteiger partial charge in [0.15, 0.2) is 0 Å². The smallest absolute Gasteiger partial charge is 0.0578 e. The molecule has 0 bridgehead atoms. The fourth-order valence-corrected chi connectivity index (χ4v) is 1.89. The lowest BCUT2D eigenvalue weighted by Gasteiger charge is -2.35. The summed E-state index contributed by atoms with van der Waals surface area (Å²) in [7, 11) is 0. The van der Waals surface area contributed by atoms with Crippen molar-refractivity contribution in [1.29, 1.82) is 0 Å². The normalized spacial score (nSPS) is 40.9. The Morgan fingerprint density at radius 3 is 2.58 bits per heavy atom. The number of rotatable bonds is 0. The average Bonchev–Trinajstić information content (AvgIpc) is 1.97. The number of hydrogen-bond acceptors (Lipinski definition) is 0. The molecule has 0 heterocycles. The molecule has 0 aromatic carbocycles. The van der Waals surface area contributed by atoms with Crippen LogP contribution in [0.4, 0.5) is 0 Å². The zero-order valence-corrected chi connectivity index (χ0v) is 8.99. The van der Waals surface area contributed by atoms with Gasteiger partial charge in [-0.15, -0.1) is 0 Å². The van der Waals surface area contributed by atoms with Crippen molar-refractivity contribution < 1.29 is 2.74 Å². The first-order valence-electron chi connectivity index (χ1n) is 5.81. The molecule has 12 heavy (non-hydrogen) atoms. The number of allylic oxidation sites excluding steroid dienone is 2. The molecule has 0 N–H and O–H groups in total. The van der Waals surface area contributed by atoms with Crippen molar-refractivity contribution in [3.05, 3.63) is 11.6 Å². The van der Waals surface area contributed by atoms with Crippen LogP contribution < -0.4 is 0 Å². The Balaban J connectivity index is 2.96. The molecule has 0 fully saturated rings. The van der Waals surface area contributed by atoms with E-state index in [9.17, 15) is 0 Å². The van der Waals surface area contributed by atoms with Crippen molar-refractivity contribution in [2.24, 2.45) is 17.2 Å². The minimum atomic E-state index is -0.666. The molecule has 0 spiro atoms. The monoisotopic (exact) mass is 168 g/mol. The molecule has 0 saturated carbocycles. The minimum Gasteiger partial charge on any atom is -0.0827 e. The molecule has 0 heteroatoms. The number of hydrogen-bond donors (Lipinski definition) is 0. The van der Waals surface area contributed by atoms with E-state index < -0.39 is 5.89 Å². The molecule has 1 rings (SSSR count). The molecule has 0 radical (unpaired) electrons. The maximum absolute atomic E-state index is 8.13. The van der Waals surface area contributed by atoms with E-state index in [-0.39, 0.29) is 5.41 Å². The van der Waals surface area contributed by atoms with Crippen LogP contribution >= 0.6 is 0 Å². The summed E-state index contributed by atoms with van der Waals surface area (Å²) in [6.45, 7) is 10.6. The molecule has 1 aliphatic carbocycles. The highest BCUT2D eigenvalue weighted by Gasteiger charge is 2.28. The fourth-order valence-electron chi connectivity index (χ4n) is 1.89. The van der Waals surface area contributed by atoms with Crippen molar-refractivity contribution in [1.82, 2.24) is 0 Å². The highest BCUT2D eigenvalue weighted by atomic mass is 14.3. The van der Waals surface area contributed by atoms with Crippen LogP contribution in [0.5, 0.6) is 0 Å². The second kappa shape index (κ2) is 3.24. The highest BCUT2D eigenvalue weighted by molar-refractivity contribution is 5.07. The third-order valence-corrected chi connectivity index (χ3v) is 2.76. The third-order valence-electron chi connectivity index (χ3n) is 2.76. The summed E-state index contributed by atoms with van der Waals surface area (Å²) in [5, 5.41) is 0. The van der Waals surface area contributed by atoms with Crippen LogP contribution in [0.15, 0.2) is 11.6 Å². The molecule has 0 nitrogen and oxygen atoms in total. The van der Waals surface area contributed by atoms with Crippen LogP contribution in [-0.4, -0.2) is 0 Å². The summed E-state index contributed by atoms with van der Waals surface area (Å²) >= 11 is 0. The molecular formula is C12H22. The molecule has 70 valence electrons. The summed E-state index contributed by atoms with van der Waals surface area (Å²) in [5.74, 6) is -0.126. The van der Waals surface area contributed by atoms with Crippen molar-refractivity contribution in [3.63, 3.8) is 0 Å². The molecule has 0 saturated heterocycles. The Bertz CT molecular complexity index is 256. The first-order chi connectivity index (χ1) is 6.14. The summed E-state index contributed by atoms with van der Waals surface area (Å²) in [6.07, 6.45) is 1.82. The van der Waals surface area contributed by atoms with Crippen molar-refractivity contribution >= 4 is 0 Å². The Hall–Kier alpha value is -0.260. The molecule has 1 aliphatic rings. The highest BCUT2D eigenvalue weighted by Crippen LogP contribution is 2.39. The molecule has 0 aliphatic heterocycles. The second-order valence-electron chi connectivity index (χ2n) is 5.16. The maximum atomic E-state index is 8.13. The minimum absolute atomic E-state index is 0.254. The lowest BCUT2D eigenvalue weighted by atomic mass is 9.70. The predicted molar refractivity (Wildman–Crippen MR) is 55.1 cm³/mol. The molecular weight excluding hydrogens is 144 g/mol. The van der Waals surface area contributed by atoms with Gasteiger partial charge >= 0.3 is 0 Å². The summed E-state index contributed by atoms with van der Waals surface area (Å²) in [5.41, 5.74) is 1.36. The average molecular weight is 168 g/mol. The second-order valence-corrected chi connectivity index (χ2v) is 5.16. The van der Waals surface area contributed by atoms with Crippen LogP contribution in [0.2, 0.25) is 0 Å². The standard InChI is InChI=1S/C12H22/c1-9-6-10(2)8-11(7-9)12(3,4)5/h6,9,11H,7-8H2,1-5H3/t9-,11-/m0/s1/i6D,9D. The maximum Gasteiger partial charge on any atom is 0.0578 e. The Morgan fingerprint density at radius 2 is 2.17 bits per heavy atom. The topological polar surface area (TPSA) is 0 Å². The first kappa shape index (κ1) is 7.17. The zero-order chi connectivity index (χ0) is 11.1. The van der Waals surface area contributed by atoms with E-state index in [2.05, 4.69) is 20.8 Å². The largest absolute Gasteiger partial charge is 0.0827 e. The summed E-state index contributed by atoms with van der Waals surface area (Å²) in [6, 6.07) is 0.540. The van der Waals surface area contributed by atoms with Crippen LogP contribution in [0.25, 0.3) is 0 Å².